The van der Waals surface area contributed by atoms with Gasteiger partial charge in [0.05, 0.1) is 12.3 Å². The second kappa shape index (κ2) is 8.51. The van der Waals surface area contributed by atoms with Gasteiger partial charge in [0, 0.05) is 6.54 Å². The van der Waals surface area contributed by atoms with Crippen LogP contribution in [0.5, 0.6) is 0 Å². The van der Waals surface area contributed by atoms with Gasteiger partial charge >= 0.3 is 0 Å². The van der Waals surface area contributed by atoms with Crippen LogP contribution in [0.1, 0.15) is 57.7 Å². The lowest BCUT2D eigenvalue weighted by Gasteiger charge is -2.36. The van der Waals surface area contributed by atoms with E-state index in [1.807, 2.05) is 0 Å². The van der Waals surface area contributed by atoms with E-state index in [-0.39, 0.29) is 12.3 Å². The van der Waals surface area contributed by atoms with E-state index in [0.29, 0.717) is 11.0 Å². The van der Waals surface area contributed by atoms with Gasteiger partial charge < -0.3 is 4.43 Å². The van der Waals surface area contributed by atoms with Crippen molar-refractivity contribution in [2.24, 2.45) is 5.92 Å². The zero-order chi connectivity index (χ0) is 18.6. The van der Waals surface area contributed by atoms with Crippen molar-refractivity contribution in [2.75, 3.05) is 6.54 Å². The van der Waals surface area contributed by atoms with E-state index in [2.05, 4.69) is 93.3 Å². The molecule has 0 spiro atoms. The summed E-state index contributed by atoms with van der Waals surface area (Å²) < 4.78 is 6.63. The molecule has 1 heterocycles. The lowest BCUT2D eigenvalue weighted by molar-refractivity contribution is 0.0374. The lowest BCUT2D eigenvalue weighted by atomic mass is 9.97. The molecule has 0 N–H and O–H groups in total. The molecule has 0 amide bonds. The maximum Gasteiger partial charge on any atom is 0.169 e. The van der Waals surface area contributed by atoms with Crippen LogP contribution in [0.4, 0.5) is 0 Å². The van der Waals surface area contributed by atoms with Crippen molar-refractivity contribution < 1.29 is 4.43 Å². The van der Waals surface area contributed by atoms with Crippen molar-refractivity contribution in [2.45, 2.75) is 57.8 Å². The minimum atomic E-state index is -0.603. The molecule has 0 bridgehead atoms. The Morgan fingerprint density at radius 1 is 0.962 bits per heavy atom. The van der Waals surface area contributed by atoms with E-state index in [1.54, 1.807) is 0 Å². The highest BCUT2D eigenvalue weighted by Gasteiger charge is 2.34. The Labute approximate surface area is 161 Å². The topological polar surface area (TPSA) is 12.5 Å². The predicted octanol–water partition coefficient (Wildman–Crippen LogP) is 5.15. The van der Waals surface area contributed by atoms with Crippen LogP contribution < -0.4 is 0 Å². The summed E-state index contributed by atoms with van der Waals surface area (Å²) in [5, 5.41) is 0.337. The third-order valence-electron chi connectivity index (χ3n) is 6.01. The van der Waals surface area contributed by atoms with Crippen molar-refractivity contribution in [1.29, 1.82) is 0 Å². The van der Waals surface area contributed by atoms with Crippen molar-refractivity contribution in [3.05, 3.63) is 71.8 Å². The van der Waals surface area contributed by atoms with Crippen molar-refractivity contribution in [3.63, 3.8) is 0 Å². The fraction of sp³-hybridized carbons (Fsp3) is 0.478. The first-order valence-electron chi connectivity index (χ1n) is 9.96. The molecule has 2 aromatic rings. The summed E-state index contributed by atoms with van der Waals surface area (Å²) in [5.74, 6) is 0.670. The van der Waals surface area contributed by atoms with Gasteiger partial charge in [0.15, 0.2) is 9.76 Å². The van der Waals surface area contributed by atoms with E-state index in [9.17, 15) is 0 Å². The van der Waals surface area contributed by atoms with E-state index in [4.69, 9.17) is 4.43 Å². The highest BCUT2D eigenvalue weighted by atomic mass is 28.2. The summed E-state index contributed by atoms with van der Waals surface area (Å²) in [5.41, 5.74) is 2.72. The van der Waals surface area contributed by atoms with Crippen LogP contribution in [-0.4, -0.2) is 27.4 Å². The Hall–Kier alpha value is -1.42. The first-order valence-corrected chi connectivity index (χ1v) is 11.2. The first kappa shape index (κ1) is 19.3. The number of likely N-dealkylation sites (tertiary alicyclic amines) is 1. The van der Waals surface area contributed by atoms with Crippen LogP contribution in [0.2, 0.25) is 5.04 Å². The molecule has 1 aliphatic heterocycles. The summed E-state index contributed by atoms with van der Waals surface area (Å²) in [7, 11) is -0.603. The van der Waals surface area contributed by atoms with Gasteiger partial charge in [-0.1, -0.05) is 88.4 Å². The second-order valence-electron chi connectivity index (χ2n) is 8.51. The second-order valence-corrected chi connectivity index (χ2v) is 11.0. The molecule has 0 unspecified atom stereocenters. The van der Waals surface area contributed by atoms with E-state index >= 15 is 0 Å². The van der Waals surface area contributed by atoms with Crippen molar-refractivity contribution in [3.8, 4) is 0 Å². The van der Waals surface area contributed by atoms with Crippen LogP contribution >= 0.6 is 0 Å². The molecule has 1 atom stereocenters. The first-order chi connectivity index (χ1) is 12.5. The number of nitrogens with zero attached hydrogens (tertiary/aromatic N) is 1. The van der Waals surface area contributed by atoms with Gasteiger partial charge in [-0.2, -0.15) is 0 Å². The predicted molar refractivity (Wildman–Crippen MR) is 113 cm³/mol. The standard InChI is InChI=1S/C23H33NOSi/c1-18(2)23(3,4)26-25-21-16-11-17-24(21)22(19-12-7-5-8-13-19)20-14-9-6-10-15-20/h5-10,12-15,18,21-22H,11,16-17,26H2,1-4H3/t21-/m0/s1. The lowest BCUT2D eigenvalue weighted by Crippen LogP contribution is -2.38. The largest absolute Gasteiger partial charge is 0.408 e. The van der Waals surface area contributed by atoms with E-state index < -0.39 is 9.76 Å². The third kappa shape index (κ3) is 4.45. The smallest absolute Gasteiger partial charge is 0.169 e. The third-order valence-corrected chi connectivity index (χ3v) is 8.12. The maximum atomic E-state index is 6.63. The van der Waals surface area contributed by atoms with Gasteiger partial charge in [0.25, 0.3) is 0 Å². The molecule has 26 heavy (non-hydrogen) atoms. The van der Waals surface area contributed by atoms with E-state index in [0.717, 1.165) is 13.0 Å². The van der Waals surface area contributed by atoms with Crippen LogP contribution in [0.15, 0.2) is 60.7 Å². The molecule has 2 nitrogen and oxygen atoms in total. The van der Waals surface area contributed by atoms with Crippen molar-refractivity contribution >= 4 is 9.76 Å². The van der Waals surface area contributed by atoms with Gasteiger partial charge in [0.1, 0.15) is 0 Å². The number of benzene rings is 2. The fourth-order valence-corrected chi connectivity index (χ4v) is 4.87. The summed E-state index contributed by atoms with van der Waals surface area (Å²) in [6, 6.07) is 22.1. The zero-order valence-electron chi connectivity index (χ0n) is 16.7. The summed E-state index contributed by atoms with van der Waals surface area (Å²) in [6.07, 6.45) is 2.62. The number of hydrogen-bond donors (Lipinski definition) is 0. The average molecular weight is 368 g/mol. The van der Waals surface area contributed by atoms with Crippen LogP contribution in [0, 0.1) is 5.92 Å². The van der Waals surface area contributed by atoms with Crippen LogP contribution in [0.3, 0.4) is 0 Å². The van der Waals surface area contributed by atoms with Gasteiger partial charge in [-0.05, 0) is 34.9 Å². The molecule has 1 aliphatic rings. The van der Waals surface area contributed by atoms with Gasteiger partial charge in [-0.15, -0.1) is 0 Å². The quantitative estimate of drug-likeness (QED) is 0.627. The maximum absolute atomic E-state index is 6.63. The molecule has 0 aliphatic carbocycles. The van der Waals surface area contributed by atoms with Crippen LogP contribution in [0.25, 0.3) is 0 Å². The van der Waals surface area contributed by atoms with Gasteiger partial charge in [0.2, 0.25) is 0 Å². The normalized spacial score (nSPS) is 19.2. The molecule has 2 aromatic carbocycles. The Bertz CT molecular complexity index is 632. The number of rotatable bonds is 7. The molecule has 1 saturated heterocycles. The Morgan fingerprint density at radius 2 is 1.50 bits per heavy atom. The Kier molecular flexibility index (Phi) is 6.33. The van der Waals surface area contributed by atoms with Crippen molar-refractivity contribution in [1.82, 2.24) is 4.90 Å². The molecule has 0 radical (unpaired) electrons. The molecule has 1 fully saturated rings. The Morgan fingerprint density at radius 3 is 2.00 bits per heavy atom. The molecule has 140 valence electrons. The fourth-order valence-electron chi connectivity index (χ4n) is 3.56. The minimum absolute atomic E-state index is 0.255. The summed E-state index contributed by atoms with van der Waals surface area (Å²) in [6.45, 7) is 10.5. The van der Waals surface area contributed by atoms with E-state index in [1.165, 1.54) is 17.5 Å². The SMILES string of the molecule is CC(C)C(C)(C)[SiH2]O[C@H]1CCCN1C(c1ccccc1)c1ccccc1. The molecule has 3 heteroatoms. The van der Waals surface area contributed by atoms with Gasteiger partial charge in [-0.3, -0.25) is 4.90 Å². The molecule has 3 rings (SSSR count). The molecular formula is C23H33NOSi. The molecule has 0 saturated carbocycles. The minimum Gasteiger partial charge on any atom is -0.408 e. The zero-order valence-corrected chi connectivity index (χ0v) is 18.1. The Balaban J connectivity index is 1.84. The molecular weight excluding hydrogens is 334 g/mol. The monoisotopic (exact) mass is 367 g/mol. The van der Waals surface area contributed by atoms with Gasteiger partial charge in [-0.25, -0.2) is 0 Å². The highest BCUT2D eigenvalue weighted by molar-refractivity contribution is 6.32. The highest BCUT2D eigenvalue weighted by Crippen LogP contribution is 2.37. The van der Waals surface area contributed by atoms with Crippen LogP contribution in [-0.2, 0) is 4.43 Å². The average Bonchev–Trinajstić information content (AvgIpc) is 3.10. The summed E-state index contributed by atoms with van der Waals surface area (Å²) >= 11 is 0. The summed E-state index contributed by atoms with van der Waals surface area (Å²) in [4.78, 5) is 2.59. The number of hydrogen-bond acceptors (Lipinski definition) is 2. The molecule has 0 aromatic heterocycles.